The van der Waals surface area contributed by atoms with Crippen LogP contribution in [0.15, 0.2) is 46.9 Å². The molecule has 0 heterocycles. The maximum Gasteiger partial charge on any atom is 0.338 e. The average Bonchev–Trinajstić information content (AvgIpc) is 2.49. The van der Waals surface area contributed by atoms with Gasteiger partial charge in [0.15, 0.2) is 0 Å². The Hall–Kier alpha value is -1.88. The van der Waals surface area contributed by atoms with Crippen molar-refractivity contribution in [2.75, 3.05) is 6.61 Å². The van der Waals surface area contributed by atoms with E-state index in [9.17, 15) is 9.18 Å². The number of hydrogen-bond donors (Lipinski definition) is 0. The molecule has 0 bridgehead atoms. The van der Waals surface area contributed by atoms with Crippen molar-refractivity contribution in [2.24, 2.45) is 0 Å². The molecule has 0 aromatic heterocycles. The Morgan fingerprint density at radius 1 is 1.19 bits per heavy atom. The van der Waals surface area contributed by atoms with Gasteiger partial charge in [-0.2, -0.15) is 0 Å². The predicted molar refractivity (Wildman–Crippen MR) is 80.8 cm³/mol. The van der Waals surface area contributed by atoms with E-state index in [-0.39, 0.29) is 18.4 Å². The predicted octanol–water partition coefficient (Wildman–Crippen LogP) is 4.34. The fourth-order valence-electron chi connectivity index (χ4n) is 1.72. The van der Waals surface area contributed by atoms with Crippen LogP contribution in [0.25, 0.3) is 0 Å². The average molecular weight is 353 g/mol. The van der Waals surface area contributed by atoms with E-state index in [4.69, 9.17) is 9.47 Å². The standard InChI is InChI=1S/C16H14BrFO3/c1-2-20-16(19)11-3-6-14(7-4-11)21-10-12-9-13(18)5-8-15(12)17/h3-9H,2,10H2,1H3. The van der Waals surface area contributed by atoms with Crippen LogP contribution in [0.1, 0.15) is 22.8 Å². The molecule has 0 saturated heterocycles. The Kier molecular flexibility index (Phi) is 5.33. The summed E-state index contributed by atoms with van der Waals surface area (Å²) in [7, 11) is 0. The van der Waals surface area contributed by atoms with E-state index in [1.807, 2.05) is 0 Å². The lowest BCUT2D eigenvalue weighted by Crippen LogP contribution is -2.04. The third-order valence-electron chi connectivity index (χ3n) is 2.77. The summed E-state index contributed by atoms with van der Waals surface area (Å²) >= 11 is 3.34. The summed E-state index contributed by atoms with van der Waals surface area (Å²) in [5, 5.41) is 0. The van der Waals surface area contributed by atoms with Gasteiger partial charge in [-0.05, 0) is 49.4 Å². The maximum atomic E-state index is 13.2. The fraction of sp³-hybridized carbons (Fsp3) is 0.188. The number of halogens is 2. The molecule has 0 radical (unpaired) electrons. The van der Waals surface area contributed by atoms with Crippen LogP contribution in [0.3, 0.4) is 0 Å². The van der Waals surface area contributed by atoms with Crippen molar-refractivity contribution in [3.05, 3.63) is 63.9 Å². The Bertz CT molecular complexity index is 626. The van der Waals surface area contributed by atoms with Crippen molar-refractivity contribution >= 4 is 21.9 Å². The highest BCUT2D eigenvalue weighted by Gasteiger charge is 2.07. The van der Waals surface area contributed by atoms with Crippen LogP contribution in [0.2, 0.25) is 0 Å². The lowest BCUT2D eigenvalue weighted by molar-refractivity contribution is 0.0526. The zero-order valence-corrected chi connectivity index (χ0v) is 13.0. The zero-order chi connectivity index (χ0) is 15.2. The Morgan fingerprint density at radius 3 is 2.57 bits per heavy atom. The molecule has 0 aliphatic carbocycles. The van der Waals surface area contributed by atoms with Gasteiger partial charge in [0.25, 0.3) is 0 Å². The first-order valence-electron chi connectivity index (χ1n) is 6.44. The van der Waals surface area contributed by atoms with Gasteiger partial charge in [0, 0.05) is 10.0 Å². The second kappa shape index (κ2) is 7.22. The molecule has 0 atom stereocenters. The van der Waals surface area contributed by atoms with Crippen LogP contribution < -0.4 is 4.74 Å². The van der Waals surface area contributed by atoms with E-state index in [2.05, 4.69) is 15.9 Å². The molecule has 0 aliphatic heterocycles. The number of ether oxygens (including phenoxy) is 2. The van der Waals surface area contributed by atoms with Crippen LogP contribution in [-0.2, 0) is 11.3 Å². The maximum absolute atomic E-state index is 13.2. The molecule has 2 aromatic rings. The number of rotatable bonds is 5. The van der Waals surface area contributed by atoms with Crippen LogP contribution >= 0.6 is 15.9 Å². The summed E-state index contributed by atoms with van der Waals surface area (Å²) in [5.74, 6) is -0.0782. The quantitative estimate of drug-likeness (QED) is 0.750. The van der Waals surface area contributed by atoms with Crippen molar-refractivity contribution in [1.82, 2.24) is 0 Å². The number of esters is 1. The first-order chi connectivity index (χ1) is 10.1. The summed E-state index contributed by atoms with van der Waals surface area (Å²) < 4.78 is 24.4. The monoisotopic (exact) mass is 352 g/mol. The fourth-order valence-corrected chi connectivity index (χ4v) is 2.08. The molecule has 110 valence electrons. The van der Waals surface area contributed by atoms with E-state index < -0.39 is 0 Å². The van der Waals surface area contributed by atoms with Crippen molar-refractivity contribution in [3.63, 3.8) is 0 Å². The minimum atomic E-state index is -0.364. The molecule has 0 spiro atoms. The number of carbonyl (C=O) groups is 1. The van der Waals surface area contributed by atoms with Gasteiger partial charge in [-0.15, -0.1) is 0 Å². The highest BCUT2D eigenvalue weighted by atomic mass is 79.9. The minimum absolute atomic E-state index is 0.233. The number of benzene rings is 2. The highest BCUT2D eigenvalue weighted by Crippen LogP contribution is 2.21. The van der Waals surface area contributed by atoms with Crippen molar-refractivity contribution in [3.8, 4) is 5.75 Å². The van der Waals surface area contributed by atoms with E-state index in [1.165, 1.54) is 12.1 Å². The second-order valence-electron chi connectivity index (χ2n) is 4.27. The minimum Gasteiger partial charge on any atom is -0.489 e. The summed E-state index contributed by atoms with van der Waals surface area (Å²) in [6, 6.07) is 11.1. The smallest absolute Gasteiger partial charge is 0.338 e. The van der Waals surface area contributed by atoms with E-state index in [0.717, 1.165) is 4.47 Å². The zero-order valence-electron chi connectivity index (χ0n) is 11.4. The summed E-state index contributed by atoms with van der Waals surface area (Å²) in [6.45, 7) is 2.33. The first kappa shape index (κ1) is 15.5. The second-order valence-corrected chi connectivity index (χ2v) is 5.12. The molecule has 3 nitrogen and oxygen atoms in total. The Morgan fingerprint density at radius 2 is 1.90 bits per heavy atom. The van der Waals surface area contributed by atoms with Gasteiger partial charge in [0.2, 0.25) is 0 Å². The van der Waals surface area contributed by atoms with Gasteiger partial charge in [0.05, 0.1) is 12.2 Å². The lowest BCUT2D eigenvalue weighted by Gasteiger charge is -2.09. The third-order valence-corrected chi connectivity index (χ3v) is 3.54. The highest BCUT2D eigenvalue weighted by molar-refractivity contribution is 9.10. The first-order valence-corrected chi connectivity index (χ1v) is 7.23. The molecule has 0 unspecified atom stereocenters. The van der Waals surface area contributed by atoms with Gasteiger partial charge in [-0.3, -0.25) is 0 Å². The summed E-state index contributed by atoms with van der Waals surface area (Å²) in [4.78, 5) is 11.5. The molecular weight excluding hydrogens is 339 g/mol. The lowest BCUT2D eigenvalue weighted by atomic mass is 10.2. The molecule has 21 heavy (non-hydrogen) atoms. The van der Waals surface area contributed by atoms with E-state index >= 15 is 0 Å². The Labute approximate surface area is 130 Å². The number of hydrogen-bond acceptors (Lipinski definition) is 3. The molecule has 2 rings (SSSR count). The van der Waals surface area contributed by atoms with Gasteiger partial charge >= 0.3 is 5.97 Å². The van der Waals surface area contributed by atoms with Gasteiger partial charge in [-0.25, -0.2) is 9.18 Å². The van der Waals surface area contributed by atoms with E-state index in [1.54, 1.807) is 37.3 Å². The molecule has 5 heteroatoms. The molecule has 0 N–H and O–H groups in total. The Balaban J connectivity index is 2.00. The van der Waals surface area contributed by atoms with Crippen LogP contribution in [0, 0.1) is 5.82 Å². The SMILES string of the molecule is CCOC(=O)c1ccc(OCc2cc(F)ccc2Br)cc1. The van der Waals surface area contributed by atoms with Crippen molar-refractivity contribution < 1.29 is 18.7 Å². The van der Waals surface area contributed by atoms with Gasteiger partial charge in [0.1, 0.15) is 18.2 Å². The molecule has 2 aromatic carbocycles. The number of carbonyl (C=O) groups excluding carboxylic acids is 1. The molecule has 0 fully saturated rings. The van der Waals surface area contributed by atoms with Crippen LogP contribution in [0.4, 0.5) is 4.39 Å². The molecular formula is C16H14BrFO3. The normalized spacial score (nSPS) is 10.2. The van der Waals surface area contributed by atoms with Crippen molar-refractivity contribution in [2.45, 2.75) is 13.5 Å². The summed E-state index contributed by atoms with van der Waals surface area (Å²) in [5.41, 5.74) is 1.18. The largest absolute Gasteiger partial charge is 0.489 e. The van der Waals surface area contributed by atoms with Crippen LogP contribution in [-0.4, -0.2) is 12.6 Å². The topological polar surface area (TPSA) is 35.5 Å². The van der Waals surface area contributed by atoms with Crippen molar-refractivity contribution in [1.29, 1.82) is 0 Å². The molecule has 0 amide bonds. The van der Waals surface area contributed by atoms with Crippen LogP contribution in [0.5, 0.6) is 5.75 Å². The van der Waals surface area contributed by atoms with E-state index in [0.29, 0.717) is 23.5 Å². The molecule has 0 aliphatic rings. The van der Waals surface area contributed by atoms with Gasteiger partial charge < -0.3 is 9.47 Å². The molecule has 0 saturated carbocycles. The summed E-state index contributed by atoms with van der Waals surface area (Å²) in [6.07, 6.45) is 0. The third kappa shape index (κ3) is 4.29. The van der Waals surface area contributed by atoms with Gasteiger partial charge in [-0.1, -0.05) is 15.9 Å².